The number of H-pyrrole nitrogens is 1. The lowest BCUT2D eigenvalue weighted by molar-refractivity contribution is 0.266. The molecule has 0 radical (unpaired) electrons. The molecule has 80 valence electrons. The van der Waals surface area contributed by atoms with Gasteiger partial charge < -0.3 is 15.4 Å². The molecule has 0 saturated heterocycles. The lowest BCUT2D eigenvalue weighted by Gasteiger charge is -2.04. The second-order valence-electron chi connectivity index (χ2n) is 3.82. The maximum atomic E-state index is 9.92. The lowest BCUT2D eigenvalue weighted by atomic mass is 10.1. The number of para-hydroxylation sites is 1. The van der Waals surface area contributed by atoms with Crippen LogP contribution in [0, 0.1) is 0 Å². The van der Waals surface area contributed by atoms with Crippen molar-refractivity contribution in [3.63, 3.8) is 0 Å². The summed E-state index contributed by atoms with van der Waals surface area (Å²) in [6.07, 6.45) is 3.21. The molecule has 1 atom stereocenters. The van der Waals surface area contributed by atoms with Gasteiger partial charge in [-0.25, -0.2) is 0 Å². The van der Waals surface area contributed by atoms with E-state index in [1.807, 2.05) is 48.7 Å². The number of hydrogen-bond donors (Lipinski definition) is 3. The molecule has 0 fully saturated rings. The Bertz CT molecular complexity index is 529. The molecule has 3 N–H and O–H groups in total. The van der Waals surface area contributed by atoms with E-state index in [-0.39, 0.29) is 0 Å². The van der Waals surface area contributed by atoms with Crippen LogP contribution in [0.2, 0.25) is 0 Å². The zero-order valence-electron chi connectivity index (χ0n) is 8.64. The SMILES string of the molecule is OC1Nc2ccccc2/C1=C/c1ccc[nH]1. The van der Waals surface area contributed by atoms with Gasteiger partial charge in [0.05, 0.1) is 0 Å². The average Bonchev–Trinajstić information content (AvgIpc) is 2.89. The average molecular weight is 212 g/mol. The van der Waals surface area contributed by atoms with Gasteiger partial charge in [0.15, 0.2) is 6.23 Å². The van der Waals surface area contributed by atoms with Gasteiger partial charge in [-0.05, 0) is 24.3 Å². The minimum absolute atomic E-state index is 0.624. The van der Waals surface area contributed by atoms with Gasteiger partial charge in [0.1, 0.15) is 0 Å². The minimum atomic E-state index is -0.624. The standard InChI is InChI=1S/C13H12N2O/c16-13-11(8-9-4-3-7-14-9)10-5-1-2-6-12(10)15-13/h1-8,13-16H/b11-8-. The van der Waals surface area contributed by atoms with Gasteiger partial charge >= 0.3 is 0 Å². The highest BCUT2D eigenvalue weighted by Gasteiger charge is 2.23. The fourth-order valence-electron chi connectivity index (χ4n) is 1.99. The van der Waals surface area contributed by atoms with Crippen LogP contribution in [0.5, 0.6) is 0 Å². The predicted octanol–water partition coefficient (Wildman–Crippen LogP) is 2.30. The molecular weight excluding hydrogens is 200 g/mol. The Hall–Kier alpha value is -2.00. The fourth-order valence-corrected chi connectivity index (χ4v) is 1.99. The van der Waals surface area contributed by atoms with Gasteiger partial charge in [-0.2, -0.15) is 0 Å². The number of aromatic nitrogens is 1. The van der Waals surface area contributed by atoms with Crippen LogP contribution in [-0.2, 0) is 0 Å². The molecule has 1 aliphatic rings. The quantitative estimate of drug-likeness (QED) is 0.679. The number of nitrogens with one attached hydrogen (secondary N) is 2. The lowest BCUT2D eigenvalue weighted by Crippen LogP contribution is -2.12. The topological polar surface area (TPSA) is 48.0 Å². The van der Waals surface area contributed by atoms with Crippen molar-refractivity contribution in [2.24, 2.45) is 0 Å². The number of aliphatic hydroxyl groups excluding tert-OH is 1. The van der Waals surface area contributed by atoms with Crippen molar-refractivity contribution < 1.29 is 5.11 Å². The first-order valence-electron chi connectivity index (χ1n) is 5.23. The van der Waals surface area contributed by atoms with Gasteiger partial charge in [-0.3, -0.25) is 0 Å². The summed E-state index contributed by atoms with van der Waals surface area (Å²) in [5, 5.41) is 12.9. The Kier molecular flexibility index (Phi) is 2.04. The van der Waals surface area contributed by atoms with Crippen LogP contribution in [-0.4, -0.2) is 16.3 Å². The Balaban J connectivity index is 2.08. The van der Waals surface area contributed by atoms with E-state index < -0.39 is 6.23 Å². The molecule has 1 aromatic heterocycles. The van der Waals surface area contributed by atoms with E-state index in [2.05, 4.69) is 10.3 Å². The summed E-state index contributed by atoms with van der Waals surface area (Å²) in [4.78, 5) is 3.10. The van der Waals surface area contributed by atoms with E-state index in [1.54, 1.807) is 0 Å². The molecule has 0 aliphatic carbocycles. The van der Waals surface area contributed by atoms with Gasteiger partial charge in [0.25, 0.3) is 0 Å². The third kappa shape index (κ3) is 1.42. The van der Waals surface area contributed by atoms with Crippen molar-refractivity contribution in [3.8, 4) is 0 Å². The second-order valence-corrected chi connectivity index (χ2v) is 3.82. The molecule has 2 heterocycles. The largest absolute Gasteiger partial charge is 0.369 e. The van der Waals surface area contributed by atoms with E-state index in [1.165, 1.54) is 0 Å². The maximum Gasteiger partial charge on any atom is 0.151 e. The predicted molar refractivity (Wildman–Crippen MR) is 64.7 cm³/mol. The van der Waals surface area contributed by atoms with E-state index in [0.29, 0.717) is 0 Å². The van der Waals surface area contributed by atoms with Crippen LogP contribution in [0.25, 0.3) is 11.6 Å². The molecule has 3 heteroatoms. The number of anilines is 1. The molecule has 16 heavy (non-hydrogen) atoms. The molecule has 0 bridgehead atoms. The first-order chi connectivity index (χ1) is 7.84. The van der Waals surface area contributed by atoms with Crippen LogP contribution in [0.3, 0.4) is 0 Å². The monoisotopic (exact) mass is 212 g/mol. The van der Waals surface area contributed by atoms with Crippen LogP contribution >= 0.6 is 0 Å². The maximum absolute atomic E-state index is 9.92. The number of hydrogen-bond acceptors (Lipinski definition) is 2. The van der Waals surface area contributed by atoms with Crippen LogP contribution in [0.15, 0.2) is 42.6 Å². The molecule has 3 nitrogen and oxygen atoms in total. The molecule has 0 spiro atoms. The summed E-state index contributed by atoms with van der Waals surface area (Å²) in [6.45, 7) is 0. The van der Waals surface area contributed by atoms with Gasteiger partial charge in [-0.15, -0.1) is 0 Å². The summed E-state index contributed by atoms with van der Waals surface area (Å²) in [5.41, 5.74) is 3.93. The van der Waals surface area contributed by atoms with Crippen molar-refractivity contribution in [2.75, 3.05) is 5.32 Å². The summed E-state index contributed by atoms with van der Waals surface area (Å²) in [6, 6.07) is 11.8. The second kappa shape index (κ2) is 3.54. The Morgan fingerprint density at radius 3 is 2.81 bits per heavy atom. The summed E-state index contributed by atoms with van der Waals surface area (Å²) in [5.74, 6) is 0. The molecule has 2 aromatic rings. The van der Waals surface area contributed by atoms with Crippen molar-refractivity contribution in [2.45, 2.75) is 6.23 Å². The Labute approximate surface area is 93.4 Å². The van der Waals surface area contributed by atoms with E-state index in [9.17, 15) is 5.11 Å². The Morgan fingerprint density at radius 1 is 1.12 bits per heavy atom. The summed E-state index contributed by atoms with van der Waals surface area (Å²) >= 11 is 0. The first kappa shape index (κ1) is 9.24. The first-order valence-corrected chi connectivity index (χ1v) is 5.23. The highest BCUT2D eigenvalue weighted by molar-refractivity contribution is 5.93. The molecule has 0 saturated carbocycles. The van der Waals surface area contributed by atoms with E-state index >= 15 is 0 Å². The molecule has 0 amide bonds. The zero-order valence-corrected chi connectivity index (χ0v) is 8.64. The van der Waals surface area contributed by atoms with Gasteiger partial charge in [0.2, 0.25) is 0 Å². The highest BCUT2D eigenvalue weighted by Crippen LogP contribution is 2.34. The third-order valence-corrected chi connectivity index (χ3v) is 2.76. The molecule has 3 rings (SSSR count). The molecule has 1 unspecified atom stereocenters. The van der Waals surface area contributed by atoms with Crippen LogP contribution < -0.4 is 5.32 Å². The normalized spacial score (nSPS) is 20.8. The van der Waals surface area contributed by atoms with Crippen molar-refractivity contribution in [3.05, 3.63) is 53.9 Å². The highest BCUT2D eigenvalue weighted by atomic mass is 16.3. The van der Waals surface area contributed by atoms with E-state index in [0.717, 1.165) is 22.5 Å². The number of fused-ring (bicyclic) bond motifs is 1. The van der Waals surface area contributed by atoms with Crippen molar-refractivity contribution in [1.82, 2.24) is 4.98 Å². The van der Waals surface area contributed by atoms with E-state index in [4.69, 9.17) is 0 Å². The van der Waals surface area contributed by atoms with Crippen molar-refractivity contribution in [1.29, 1.82) is 0 Å². The summed E-state index contributed by atoms with van der Waals surface area (Å²) in [7, 11) is 0. The van der Waals surface area contributed by atoms with Crippen LogP contribution in [0.4, 0.5) is 5.69 Å². The van der Waals surface area contributed by atoms with Crippen molar-refractivity contribution >= 4 is 17.3 Å². The number of aliphatic hydroxyl groups is 1. The van der Waals surface area contributed by atoms with Gasteiger partial charge in [-0.1, -0.05) is 18.2 Å². The smallest absolute Gasteiger partial charge is 0.151 e. The fraction of sp³-hybridized carbons (Fsp3) is 0.0769. The number of rotatable bonds is 1. The minimum Gasteiger partial charge on any atom is -0.369 e. The summed E-state index contributed by atoms with van der Waals surface area (Å²) < 4.78 is 0. The van der Waals surface area contributed by atoms with Gasteiger partial charge in [0, 0.05) is 28.7 Å². The Morgan fingerprint density at radius 2 is 2.00 bits per heavy atom. The third-order valence-electron chi connectivity index (χ3n) is 2.76. The number of aromatic amines is 1. The molecule has 1 aliphatic heterocycles. The number of benzene rings is 1. The molecule has 1 aromatic carbocycles. The van der Waals surface area contributed by atoms with Crippen LogP contribution in [0.1, 0.15) is 11.3 Å². The zero-order chi connectivity index (χ0) is 11.0. The molecular formula is C13H12N2O.